The van der Waals surface area contributed by atoms with E-state index >= 15 is 0 Å². The Balaban J connectivity index is 2.54. The molecule has 7 nitrogen and oxygen atoms in total. The van der Waals surface area contributed by atoms with Gasteiger partial charge < -0.3 is 5.73 Å². The zero-order chi connectivity index (χ0) is 12.4. The molecule has 0 amide bonds. The molecule has 0 spiro atoms. The number of rotatable bonds is 2. The molecular formula is C9H6FN5O2. The van der Waals surface area contributed by atoms with Crippen LogP contribution in [0.1, 0.15) is 0 Å². The van der Waals surface area contributed by atoms with Crippen LogP contribution in [0, 0.1) is 15.9 Å². The van der Waals surface area contributed by atoms with Crippen molar-refractivity contribution in [3.8, 4) is 11.3 Å². The van der Waals surface area contributed by atoms with Crippen molar-refractivity contribution in [1.82, 2.24) is 15.2 Å². The van der Waals surface area contributed by atoms with Crippen LogP contribution in [-0.2, 0) is 0 Å². The number of benzene rings is 1. The van der Waals surface area contributed by atoms with E-state index in [1.807, 2.05) is 0 Å². The third kappa shape index (κ3) is 2.14. The molecule has 86 valence electrons. The molecule has 0 atom stereocenters. The Morgan fingerprint density at radius 1 is 1.41 bits per heavy atom. The monoisotopic (exact) mass is 235 g/mol. The molecule has 0 saturated carbocycles. The summed E-state index contributed by atoms with van der Waals surface area (Å²) in [6, 6.07) is 3.41. The largest absolute Gasteiger partial charge is 0.366 e. The van der Waals surface area contributed by atoms with Gasteiger partial charge in [0, 0.05) is 11.6 Å². The first-order valence-electron chi connectivity index (χ1n) is 4.47. The highest BCUT2D eigenvalue weighted by Gasteiger charge is 2.15. The maximum atomic E-state index is 13.1. The van der Waals surface area contributed by atoms with E-state index in [1.165, 1.54) is 12.3 Å². The van der Waals surface area contributed by atoms with Crippen molar-refractivity contribution < 1.29 is 9.31 Å². The molecular weight excluding hydrogens is 229 g/mol. The first-order valence-corrected chi connectivity index (χ1v) is 4.47. The quantitative estimate of drug-likeness (QED) is 0.618. The summed E-state index contributed by atoms with van der Waals surface area (Å²) in [4.78, 5) is 13.6. The molecule has 0 unspecified atom stereocenters. The van der Waals surface area contributed by atoms with Gasteiger partial charge in [0.1, 0.15) is 0 Å². The second kappa shape index (κ2) is 4.08. The van der Waals surface area contributed by atoms with Crippen LogP contribution in [0.3, 0.4) is 0 Å². The van der Waals surface area contributed by atoms with Crippen LogP contribution in [0.4, 0.5) is 16.0 Å². The molecule has 1 heterocycles. The summed E-state index contributed by atoms with van der Waals surface area (Å²) in [6.07, 6.45) is 1.29. The van der Waals surface area contributed by atoms with E-state index in [4.69, 9.17) is 5.73 Å². The molecule has 0 saturated heterocycles. The van der Waals surface area contributed by atoms with E-state index in [9.17, 15) is 14.5 Å². The smallest absolute Gasteiger partial charge is 0.305 e. The van der Waals surface area contributed by atoms with Crippen molar-refractivity contribution in [2.24, 2.45) is 0 Å². The Bertz CT molecular complexity index is 589. The standard InChI is InChI=1S/C9H6FN5O2/c10-6-2-1-5(3-8(6)15(16)17)7-4-12-14-9(11)13-7/h1-4H,(H2,11,13,14). The number of nitrogens with two attached hydrogens (primary N) is 1. The average Bonchev–Trinajstić information content (AvgIpc) is 2.29. The second-order valence-electron chi connectivity index (χ2n) is 3.12. The van der Waals surface area contributed by atoms with E-state index in [0.29, 0.717) is 11.3 Å². The number of halogens is 1. The van der Waals surface area contributed by atoms with Gasteiger partial charge in [0.25, 0.3) is 0 Å². The maximum Gasteiger partial charge on any atom is 0.305 e. The minimum Gasteiger partial charge on any atom is -0.366 e. The Labute approximate surface area is 94.3 Å². The zero-order valence-corrected chi connectivity index (χ0v) is 8.37. The van der Waals surface area contributed by atoms with Crippen molar-refractivity contribution in [3.05, 3.63) is 40.3 Å². The number of hydrogen-bond donors (Lipinski definition) is 1. The summed E-state index contributed by atoms with van der Waals surface area (Å²) >= 11 is 0. The third-order valence-electron chi connectivity index (χ3n) is 2.01. The van der Waals surface area contributed by atoms with Crippen molar-refractivity contribution in [2.45, 2.75) is 0 Å². The highest BCUT2D eigenvalue weighted by molar-refractivity contribution is 5.62. The lowest BCUT2D eigenvalue weighted by Gasteiger charge is -2.01. The van der Waals surface area contributed by atoms with Crippen molar-refractivity contribution >= 4 is 11.6 Å². The lowest BCUT2D eigenvalue weighted by molar-refractivity contribution is -0.387. The van der Waals surface area contributed by atoms with Crippen LogP contribution >= 0.6 is 0 Å². The second-order valence-corrected chi connectivity index (χ2v) is 3.12. The number of nitro groups is 1. The summed E-state index contributed by atoms with van der Waals surface area (Å²) in [5, 5.41) is 17.6. The lowest BCUT2D eigenvalue weighted by atomic mass is 10.1. The highest BCUT2D eigenvalue weighted by Crippen LogP contribution is 2.24. The fourth-order valence-corrected chi connectivity index (χ4v) is 1.27. The third-order valence-corrected chi connectivity index (χ3v) is 2.01. The normalized spacial score (nSPS) is 10.2. The molecule has 0 aliphatic rings. The van der Waals surface area contributed by atoms with Gasteiger partial charge in [0.2, 0.25) is 11.8 Å². The van der Waals surface area contributed by atoms with Crippen molar-refractivity contribution in [2.75, 3.05) is 5.73 Å². The lowest BCUT2D eigenvalue weighted by Crippen LogP contribution is -1.99. The first kappa shape index (κ1) is 10.9. The van der Waals surface area contributed by atoms with Crippen molar-refractivity contribution in [3.63, 3.8) is 0 Å². The Morgan fingerprint density at radius 2 is 2.18 bits per heavy atom. The molecule has 1 aromatic heterocycles. The van der Waals surface area contributed by atoms with Crippen LogP contribution in [0.5, 0.6) is 0 Å². The van der Waals surface area contributed by atoms with E-state index in [2.05, 4.69) is 15.2 Å². The maximum absolute atomic E-state index is 13.1. The van der Waals surface area contributed by atoms with Gasteiger partial charge in [0.05, 0.1) is 16.8 Å². The summed E-state index contributed by atoms with van der Waals surface area (Å²) in [5.41, 5.74) is 5.34. The van der Waals surface area contributed by atoms with Crippen LogP contribution < -0.4 is 5.73 Å². The van der Waals surface area contributed by atoms with E-state index in [-0.39, 0.29) is 5.95 Å². The molecule has 2 rings (SSSR count). The van der Waals surface area contributed by atoms with Crippen molar-refractivity contribution in [1.29, 1.82) is 0 Å². The van der Waals surface area contributed by atoms with Gasteiger partial charge in [-0.2, -0.15) is 9.49 Å². The van der Waals surface area contributed by atoms with Gasteiger partial charge in [-0.05, 0) is 12.1 Å². The van der Waals surface area contributed by atoms with E-state index < -0.39 is 16.4 Å². The number of nitrogens with zero attached hydrogens (tertiary/aromatic N) is 4. The van der Waals surface area contributed by atoms with Gasteiger partial charge in [-0.25, -0.2) is 4.98 Å². The minimum absolute atomic E-state index is 0.0607. The summed E-state index contributed by atoms with van der Waals surface area (Å²) in [7, 11) is 0. The van der Waals surface area contributed by atoms with Gasteiger partial charge >= 0.3 is 5.69 Å². The van der Waals surface area contributed by atoms with Crippen LogP contribution in [0.25, 0.3) is 11.3 Å². The van der Waals surface area contributed by atoms with E-state index in [1.54, 1.807) is 0 Å². The number of hydrogen-bond acceptors (Lipinski definition) is 6. The molecule has 2 N–H and O–H groups in total. The van der Waals surface area contributed by atoms with E-state index in [0.717, 1.165) is 12.1 Å². The predicted molar refractivity (Wildman–Crippen MR) is 56.3 cm³/mol. The molecule has 17 heavy (non-hydrogen) atoms. The Kier molecular flexibility index (Phi) is 2.61. The molecule has 8 heteroatoms. The minimum atomic E-state index is -0.909. The summed E-state index contributed by atoms with van der Waals surface area (Å²) < 4.78 is 13.1. The summed E-state index contributed by atoms with van der Waals surface area (Å²) in [6.45, 7) is 0. The number of aromatic nitrogens is 3. The van der Waals surface area contributed by atoms with Gasteiger partial charge in [-0.15, -0.1) is 5.10 Å². The SMILES string of the molecule is Nc1nncc(-c2ccc(F)c([N+](=O)[O-])c2)n1. The van der Waals surface area contributed by atoms with Crippen LogP contribution in [-0.4, -0.2) is 20.1 Å². The Hall–Kier alpha value is -2.64. The molecule has 0 fully saturated rings. The van der Waals surface area contributed by atoms with Crippen LogP contribution in [0.15, 0.2) is 24.4 Å². The van der Waals surface area contributed by atoms with Gasteiger partial charge in [0.15, 0.2) is 0 Å². The molecule has 0 aliphatic carbocycles. The Morgan fingerprint density at radius 3 is 2.82 bits per heavy atom. The molecule has 0 radical (unpaired) electrons. The molecule has 0 bridgehead atoms. The molecule has 0 aliphatic heterocycles. The number of nitrogen functional groups attached to an aromatic ring is 1. The molecule has 2 aromatic rings. The van der Waals surface area contributed by atoms with Gasteiger partial charge in [-0.3, -0.25) is 10.1 Å². The fraction of sp³-hybridized carbons (Fsp3) is 0. The molecule has 1 aromatic carbocycles. The highest BCUT2D eigenvalue weighted by atomic mass is 19.1. The fourth-order valence-electron chi connectivity index (χ4n) is 1.27. The zero-order valence-electron chi connectivity index (χ0n) is 8.37. The summed E-state index contributed by atoms with van der Waals surface area (Å²) in [5.74, 6) is -0.969. The van der Waals surface area contributed by atoms with Crippen LogP contribution in [0.2, 0.25) is 0 Å². The first-order chi connectivity index (χ1) is 8.08. The average molecular weight is 235 g/mol. The number of anilines is 1. The predicted octanol–water partition coefficient (Wildman–Crippen LogP) is 1.17. The number of nitro benzene ring substituents is 1. The topological polar surface area (TPSA) is 108 Å². The van der Waals surface area contributed by atoms with Gasteiger partial charge in [-0.1, -0.05) is 0 Å².